The maximum atomic E-state index is 9.07. The van der Waals surface area contributed by atoms with Crippen LogP contribution in [0, 0.1) is 0 Å². The number of hydrogen-bond acceptors (Lipinski definition) is 8. The number of ether oxygens (including phenoxy) is 1. The summed E-state index contributed by atoms with van der Waals surface area (Å²) in [7, 11) is 0. The Hall–Kier alpha value is -2.65. The van der Waals surface area contributed by atoms with Gasteiger partial charge in [-0.3, -0.25) is 4.57 Å². The molecule has 1 aliphatic rings. The standard InChI is InChI=1S/C18H24N6O3/c25-8-4-7-19-18-23-15-16(20-11-13-5-3-10-26-13)21-12-22-17(15)24(18)14-6-1-2-9-27-14/h3,5,10,12,14,25H,1-2,4,6-9,11H2,(H,19,23)(H,20,21,22). The van der Waals surface area contributed by atoms with Gasteiger partial charge in [0.05, 0.1) is 12.8 Å². The number of aliphatic hydroxyl groups is 1. The van der Waals surface area contributed by atoms with Gasteiger partial charge in [0.2, 0.25) is 5.95 Å². The molecule has 0 radical (unpaired) electrons. The average Bonchev–Trinajstić information content (AvgIpc) is 3.35. The molecule has 9 nitrogen and oxygen atoms in total. The Morgan fingerprint density at radius 2 is 2.22 bits per heavy atom. The molecule has 27 heavy (non-hydrogen) atoms. The van der Waals surface area contributed by atoms with Gasteiger partial charge in [0.1, 0.15) is 18.3 Å². The lowest BCUT2D eigenvalue weighted by atomic mass is 10.2. The Morgan fingerprint density at radius 1 is 1.26 bits per heavy atom. The van der Waals surface area contributed by atoms with Crippen LogP contribution >= 0.6 is 0 Å². The van der Waals surface area contributed by atoms with Crippen LogP contribution in [0.1, 0.15) is 37.7 Å². The SMILES string of the molecule is OCCCNc1nc2c(NCc3ccco3)ncnc2n1C1CCCCO1. The summed E-state index contributed by atoms with van der Waals surface area (Å²) in [5, 5.41) is 15.6. The van der Waals surface area contributed by atoms with E-state index in [1.54, 1.807) is 6.26 Å². The predicted molar refractivity (Wildman–Crippen MR) is 100 cm³/mol. The average molecular weight is 372 g/mol. The highest BCUT2D eigenvalue weighted by atomic mass is 16.5. The van der Waals surface area contributed by atoms with Gasteiger partial charge in [-0.2, -0.15) is 0 Å². The number of aliphatic hydroxyl groups excluding tert-OH is 1. The lowest BCUT2D eigenvalue weighted by Gasteiger charge is -2.25. The summed E-state index contributed by atoms with van der Waals surface area (Å²) in [6.07, 6.45) is 6.81. The fourth-order valence-electron chi connectivity index (χ4n) is 3.23. The summed E-state index contributed by atoms with van der Waals surface area (Å²) in [4.78, 5) is 13.6. The second kappa shape index (κ2) is 8.36. The first-order valence-corrected chi connectivity index (χ1v) is 9.32. The van der Waals surface area contributed by atoms with Gasteiger partial charge in [0.15, 0.2) is 17.0 Å². The maximum Gasteiger partial charge on any atom is 0.207 e. The van der Waals surface area contributed by atoms with Crippen molar-refractivity contribution in [2.45, 2.75) is 38.5 Å². The Kier molecular flexibility index (Phi) is 5.50. The van der Waals surface area contributed by atoms with Crippen LogP contribution in [-0.4, -0.2) is 44.4 Å². The number of imidazole rings is 1. The second-order valence-electron chi connectivity index (χ2n) is 6.46. The molecular weight excluding hydrogens is 348 g/mol. The highest BCUT2D eigenvalue weighted by molar-refractivity contribution is 5.85. The van der Waals surface area contributed by atoms with E-state index in [2.05, 4.69) is 20.6 Å². The van der Waals surface area contributed by atoms with Crippen molar-refractivity contribution in [1.29, 1.82) is 0 Å². The number of fused-ring (bicyclic) bond motifs is 1. The Bertz CT molecular complexity index is 857. The van der Waals surface area contributed by atoms with Crippen molar-refractivity contribution < 1.29 is 14.3 Å². The van der Waals surface area contributed by atoms with E-state index in [9.17, 15) is 0 Å². The van der Waals surface area contributed by atoms with Crippen molar-refractivity contribution in [3.63, 3.8) is 0 Å². The molecule has 0 amide bonds. The number of furan rings is 1. The maximum absolute atomic E-state index is 9.07. The van der Waals surface area contributed by atoms with Gasteiger partial charge in [-0.1, -0.05) is 0 Å². The summed E-state index contributed by atoms with van der Waals surface area (Å²) in [6, 6.07) is 3.76. The fourth-order valence-corrected chi connectivity index (χ4v) is 3.23. The molecule has 0 aliphatic carbocycles. The largest absolute Gasteiger partial charge is 0.467 e. The minimum Gasteiger partial charge on any atom is -0.467 e. The zero-order valence-corrected chi connectivity index (χ0v) is 15.1. The van der Waals surface area contributed by atoms with Crippen LogP contribution in [-0.2, 0) is 11.3 Å². The van der Waals surface area contributed by atoms with E-state index in [0.29, 0.717) is 36.8 Å². The molecule has 0 bridgehead atoms. The first kappa shape index (κ1) is 17.7. The summed E-state index contributed by atoms with van der Waals surface area (Å²) < 4.78 is 13.3. The van der Waals surface area contributed by atoms with E-state index in [4.69, 9.17) is 19.2 Å². The number of rotatable bonds is 8. The molecule has 1 saturated heterocycles. The van der Waals surface area contributed by atoms with Gasteiger partial charge in [0, 0.05) is 19.8 Å². The number of hydrogen-bond donors (Lipinski definition) is 3. The lowest BCUT2D eigenvalue weighted by Crippen LogP contribution is -2.21. The van der Waals surface area contributed by atoms with E-state index in [-0.39, 0.29) is 12.8 Å². The molecule has 1 fully saturated rings. The van der Waals surface area contributed by atoms with E-state index >= 15 is 0 Å². The van der Waals surface area contributed by atoms with Crippen LogP contribution < -0.4 is 10.6 Å². The minimum absolute atomic E-state index is 0.104. The molecule has 144 valence electrons. The Labute approximate surface area is 156 Å². The number of nitrogens with zero attached hydrogens (tertiary/aromatic N) is 4. The molecular formula is C18H24N6O3. The molecule has 9 heteroatoms. The summed E-state index contributed by atoms with van der Waals surface area (Å²) in [5.41, 5.74) is 1.41. The molecule has 3 N–H and O–H groups in total. The van der Waals surface area contributed by atoms with Crippen LogP contribution in [0.5, 0.6) is 0 Å². The molecule has 4 rings (SSSR count). The van der Waals surface area contributed by atoms with Crippen molar-refractivity contribution >= 4 is 22.9 Å². The van der Waals surface area contributed by atoms with Crippen LogP contribution in [0.3, 0.4) is 0 Å². The highest BCUT2D eigenvalue weighted by Gasteiger charge is 2.24. The molecule has 1 unspecified atom stereocenters. The number of anilines is 2. The molecule has 4 heterocycles. The zero-order valence-electron chi connectivity index (χ0n) is 15.1. The fraction of sp³-hybridized carbons (Fsp3) is 0.500. The van der Waals surface area contributed by atoms with Gasteiger partial charge in [-0.15, -0.1) is 0 Å². The minimum atomic E-state index is -0.104. The van der Waals surface area contributed by atoms with E-state index in [0.717, 1.165) is 37.3 Å². The topological polar surface area (TPSA) is 110 Å². The smallest absolute Gasteiger partial charge is 0.207 e. The van der Waals surface area contributed by atoms with Crippen LogP contribution in [0.4, 0.5) is 11.8 Å². The third-order valence-corrected chi connectivity index (χ3v) is 4.55. The molecule has 1 atom stereocenters. The summed E-state index contributed by atoms with van der Waals surface area (Å²) >= 11 is 0. The van der Waals surface area contributed by atoms with Crippen molar-refractivity contribution in [3.05, 3.63) is 30.5 Å². The summed E-state index contributed by atoms with van der Waals surface area (Å²) in [5.74, 6) is 2.15. The summed E-state index contributed by atoms with van der Waals surface area (Å²) in [6.45, 7) is 1.99. The monoisotopic (exact) mass is 372 g/mol. The molecule has 1 aliphatic heterocycles. The zero-order chi connectivity index (χ0) is 18.5. The van der Waals surface area contributed by atoms with Gasteiger partial charge in [0.25, 0.3) is 0 Å². The first-order valence-electron chi connectivity index (χ1n) is 9.32. The Balaban J connectivity index is 1.66. The Morgan fingerprint density at radius 3 is 3.00 bits per heavy atom. The van der Waals surface area contributed by atoms with Gasteiger partial charge < -0.3 is 24.9 Å². The van der Waals surface area contributed by atoms with Gasteiger partial charge in [-0.25, -0.2) is 15.0 Å². The lowest BCUT2D eigenvalue weighted by molar-refractivity contribution is -0.0285. The van der Waals surface area contributed by atoms with Crippen molar-refractivity contribution in [2.24, 2.45) is 0 Å². The molecule has 0 saturated carbocycles. The van der Waals surface area contributed by atoms with Crippen molar-refractivity contribution in [1.82, 2.24) is 19.5 Å². The van der Waals surface area contributed by atoms with Crippen molar-refractivity contribution in [2.75, 3.05) is 30.4 Å². The second-order valence-corrected chi connectivity index (χ2v) is 6.46. The normalized spacial score (nSPS) is 17.3. The van der Waals surface area contributed by atoms with Gasteiger partial charge in [-0.05, 0) is 37.8 Å². The van der Waals surface area contributed by atoms with Crippen LogP contribution in [0.15, 0.2) is 29.1 Å². The molecule has 0 spiro atoms. The highest BCUT2D eigenvalue weighted by Crippen LogP contribution is 2.31. The predicted octanol–water partition coefficient (Wildman–Crippen LogP) is 2.52. The van der Waals surface area contributed by atoms with Crippen molar-refractivity contribution in [3.8, 4) is 0 Å². The quantitative estimate of drug-likeness (QED) is 0.517. The number of nitrogens with one attached hydrogen (secondary N) is 2. The van der Waals surface area contributed by atoms with Crippen LogP contribution in [0.25, 0.3) is 11.2 Å². The van der Waals surface area contributed by atoms with E-state index < -0.39 is 0 Å². The van der Waals surface area contributed by atoms with E-state index in [1.165, 1.54) is 6.33 Å². The van der Waals surface area contributed by atoms with Crippen LogP contribution in [0.2, 0.25) is 0 Å². The third-order valence-electron chi connectivity index (χ3n) is 4.55. The molecule has 3 aromatic rings. The molecule has 3 aromatic heterocycles. The number of aromatic nitrogens is 4. The van der Waals surface area contributed by atoms with Gasteiger partial charge >= 0.3 is 0 Å². The first-order chi connectivity index (χ1) is 13.4. The molecule has 0 aromatic carbocycles. The third kappa shape index (κ3) is 3.88. The van der Waals surface area contributed by atoms with E-state index in [1.807, 2.05) is 16.7 Å².